The van der Waals surface area contributed by atoms with Crippen LogP contribution in [0.4, 0.5) is 0 Å². The Bertz CT molecular complexity index is 399. The van der Waals surface area contributed by atoms with E-state index in [9.17, 15) is 4.79 Å². The lowest BCUT2D eigenvalue weighted by Gasteiger charge is -2.46. The van der Waals surface area contributed by atoms with Crippen molar-refractivity contribution in [2.45, 2.75) is 45.3 Å². The molecule has 3 rings (SSSR count). The van der Waals surface area contributed by atoms with Crippen LogP contribution in [0.15, 0.2) is 12.7 Å². The summed E-state index contributed by atoms with van der Waals surface area (Å²) in [6.45, 7) is 11.2. The molecule has 0 aromatic carbocycles. The van der Waals surface area contributed by atoms with Crippen molar-refractivity contribution in [3.8, 4) is 0 Å². The van der Waals surface area contributed by atoms with Gasteiger partial charge in [0, 0.05) is 5.92 Å². The summed E-state index contributed by atoms with van der Waals surface area (Å²) in [7, 11) is 0. The minimum atomic E-state index is -0.0288. The molecule has 3 fully saturated rings. The average Bonchev–Trinajstić information content (AvgIpc) is 3.01. The number of rotatable bonds is 2. The van der Waals surface area contributed by atoms with E-state index < -0.39 is 0 Å². The van der Waals surface area contributed by atoms with Crippen LogP contribution in [0.3, 0.4) is 0 Å². The lowest BCUT2D eigenvalue weighted by atomic mass is 9.58. The predicted octanol–water partition coefficient (Wildman–Crippen LogP) is 2.56. The Kier molecular flexibility index (Phi) is 2.44. The fourth-order valence-corrected chi connectivity index (χ4v) is 3.99. The smallest absolute Gasteiger partial charge is 0.309 e. The quantitative estimate of drug-likeness (QED) is 0.429. The second kappa shape index (κ2) is 3.60. The highest BCUT2D eigenvalue weighted by molar-refractivity contribution is 5.75. The molecule has 2 aliphatic heterocycles. The third kappa shape index (κ3) is 1.56. The van der Waals surface area contributed by atoms with Gasteiger partial charge < -0.3 is 9.47 Å². The monoisotopic (exact) mass is 250 g/mol. The molecule has 18 heavy (non-hydrogen) atoms. The number of epoxide rings is 1. The second-order valence-corrected chi connectivity index (χ2v) is 6.73. The summed E-state index contributed by atoms with van der Waals surface area (Å²) in [6.07, 6.45) is 4.02. The average molecular weight is 250 g/mol. The zero-order valence-corrected chi connectivity index (χ0v) is 11.4. The Morgan fingerprint density at radius 2 is 2.11 bits per heavy atom. The van der Waals surface area contributed by atoms with Crippen molar-refractivity contribution in [1.82, 2.24) is 0 Å². The number of carbonyl (C=O) groups is 1. The van der Waals surface area contributed by atoms with Crippen molar-refractivity contribution in [1.29, 1.82) is 0 Å². The van der Waals surface area contributed by atoms with E-state index in [-0.39, 0.29) is 29.0 Å². The Hall–Kier alpha value is -0.830. The van der Waals surface area contributed by atoms with Crippen LogP contribution >= 0.6 is 0 Å². The number of esters is 1. The van der Waals surface area contributed by atoms with Crippen LogP contribution in [0.25, 0.3) is 0 Å². The molecule has 3 nitrogen and oxygen atoms in total. The molecule has 1 aliphatic carbocycles. The molecule has 0 amide bonds. The molecule has 6 atom stereocenters. The van der Waals surface area contributed by atoms with Crippen LogP contribution in [-0.2, 0) is 14.3 Å². The van der Waals surface area contributed by atoms with E-state index in [2.05, 4.69) is 20.4 Å². The van der Waals surface area contributed by atoms with E-state index in [0.29, 0.717) is 11.8 Å². The first kappa shape index (κ1) is 12.2. The summed E-state index contributed by atoms with van der Waals surface area (Å²) in [5.41, 5.74) is -0.00394. The maximum Gasteiger partial charge on any atom is 0.309 e. The highest BCUT2D eigenvalue weighted by Gasteiger charge is 2.60. The summed E-state index contributed by atoms with van der Waals surface area (Å²) in [5, 5.41) is 0. The summed E-state index contributed by atoms with van der Waals surface area (Å²) >= 11 is 0. The minimum Gasteiger partial charge on any atom is -0.462 e. The fourth-order valence-electron chi connectivity index (χ4n) is 3.99. The van der Waals surface area contributed by atoms with Crippen LogP contribution in [-0.4, -0.2) is 24.3 Å². The van der Waals surface area contributed by atoms with Gasteiger partial charge in [0.1, 0.15) is 6.10 Å². The van der Waals surface area contributed by atoms with Gasteiger partial charge in [0.25, 0.3) is 0 Å². The van der Waals surface area contributed by atoms with Crippen LogP contribution in [0.2, 0.25) is 0 Å². The molecule has 0 aromatic rings. The standard InChI is InChI=1S/C15H22O3/c1-5-14(3)7-11-10(9(2)13(16)18-11)6-12(14)15(4)8-17-15/h5,9-12H,1,6-8H2,2-4H3. The van der Waals surface area contributed by atoms with Gasteiger partial charge in [0.15, 0.2) is 0 Å². The number of hydrogen-bond donors (Lipinski definition) is 0. The topological polar surface area (TPSA) is 38.8 Å². The third-order valence-corrected chi connectivity index (χ3v) is 5.51. The molecule has 0 bridgehead atoms. The SMILES string of the molecule is C=CC1(C)CC2OC(=O)C(C)C2CC1C1(C)CO1. The molecule has 0 radical (unpaired) electrons. The highest BCUT2D eigenvalue weighted by Crippen LogP contribution is 2.57. The number of fused-ring (bicyclic) bond motifs is 1. The Balaban J connectivity index is 1.90. The van der Waals surface area contributed by atoms with Crippen LogP contribution in [0.1, 0.15) is 33.6 Å². The molecule has 6 unspecified atom stereocenters. The maximum atomic E-state index is 11.7. The van der Waals surface area contributed by atoms with Crippen LogP contribution in [0, 0.1) is 23.2 Å². The molecule has 1 saturated carbocycles. The summed E-state index contributed by atoms with van der Waals surface area (Å²) in [4.78, 5) is 11.7. The molecule has 100 valence electrons. The third-order valence-electron chi connectivity index (χ3n) is 5.51. The van der Waals surface area contributed by atoms with Crippen molar-refractivity contribution in [2.24, 2.45) is 23.2 Å². The van der Waals surface area contributed by atoms with Gasteiger partial charge >= 0.3 is 5.97 Å². The predicted molar refractivity (Wildman–Crippen MR) is 67.9 cm³/mol. The molecule has 3 heteroatoms. The normalized spacial score (nSPS) is 54.7. The number of hydrogen-bond acceptors (Lipinski definition) is 3. The van der Waals surface area contributed by atoms with Crippen molar-refractivity contribution in [3.05, 3.63) is 12.7 Å². The lowest BCUT2D eigenvalue weighted by Crippen LogP contribution is -2.46. The number of allylic oxidation sites excluding steroid dienone is 1. The molecule has 0 aromatic heterocycles. The van der Waals surface area contributed by atoms with Gasteiger partial charge in [-0.15, -0.1) is 6.58 Å². The number of carbonyl (C=O) groups excluding carboxylic acids is 1. The molecule has 3 aliphatic rings. The Morgan fingerprint density at radius 3 is 2.67 bits per heavy atom. The van der Waals surface area contributed by atoms with Gasteiger partial charge in [0.2, 0.25) is 0 Å². The summed E-state index contributed by atoms with van der Waals surface area (Å²) in [6, 6.07) is 0. The number of ether oxygens (including phenoxy) is 2. The molecule has 0 spiro atoms. The molecular formula is C15H22O3. The lowest BCUT2D eigenvalue weighted by molar-refractivity contribution is -0.145. The Morgan fingerprint density at radius 1 is 1.44 bits per heavy atom. The van der Waals surface area contributed by atoms with Crippen LogP contribution in [0.5, 0.6) is 0 Å². The molecular weight excluding hydrogens is 228 g/mol. The van der Waals surface area contributed by atoms with Crippen molar-refractivity contribution >= 4 is 5.97 Å². The first-order valence-corrected chi connectivity index (χ1v) is 6.88. The summed E-state index contributed by atoms with van der Waals surface area (Å²) in [5.74, 6) is 0.811. The van der Waals surface area contributed by atoms with Gasteiger partial charge in [-0.1, -0.05) is 19.9 Å². The Labute approximate surface area is 109 Å². The minimum absolute atomic E-state index is 0.0107. The van der Waals surface area contributed by atoms with Gasteiger partial charge in [-0.25, -0.2) is 0 Å². The van der Waals surface area contributed by atoms with Crippen molar-refractivity contribution in [2.75, 3.05) is 6.61 Å². The molecule has 0 N–H and O–H groups in total. The van der Waals surface area contributed by atoms with Gasteiger partial charge in [-0.05, 0) is 31.1 Å². The van der Waals surface area contributed by atoms with Crippen LogP contribution < -0.4 is 0 Å². The largest absolute Gasteiger partial charge is 0.462 e. The van der Waals surface area contributed by atoms with E-state index in [1.807, 2.05) is 13.0 Å². The van der Waals surface area contributed by atoms with E-state index >= 15 is 0 Å². The second-order valence-electron chi connectivity index (χ2n) is 6.73. The van der Waals surface area contributed by atoms with Crippen molar-refractivity contribution in [3.63, 3.8) is 0 Å². The van der Waals surface area contributed by atoms with E-state index in [4.69, 9.17) is 9.47 Å². The van der Waals surface area contributed by atoms with Gasteiger partial charge in [0.05, 0.1) is 18.1 Å². The van der Waals surface area contributed by atoms with E-state index in [1.54, 1.807) is 0 Å². The van der Waals surface area contributed by atoms with E-state index in [1.165, 1.54) is 0 Å². The van der Waals surface area contributed by atoms with Gasteiger partial charge in [-0.3, -0.25) is 4.79 Å². The van der Waals surface area contributed by atoms with Crippen molar-refractivity contribution < 1.29 is 14.3 Å². The first-order chi connectivity index (χ1) is 8.39. The molecule has 2 heterocycles. The fraction of sp³-hybridized carbons (Fsp3) is 0.800. The van der Waals surface area contributed by atoms with E-state index in [0.717, 1.165) is 19.4 Å². The maximum absolute atomic E-state index is 11.7. The zero-order chi connectivity index (χ0) is 13.1. The highest BCUT2D eigenvalue weighted by atomic mass is 16.6. The zero-order valence-electron chi connectivity index (χ0n) is 11.4. The van der Waals surface area contributed by atoms with Gasteiger partial charge in [-0.2, -0.15) is 0 Å². The first-order valence-electron chi connectivity index (χ1n) is 6.88. The molecule has 2 saturated heterocycles. The summed E-state index contributed by atoms with van der Waals surface area (Å²) < 4.78 is 11.2.